The lowest BCUT2D eigenvalue weighted by Gasteiger charge is -2.21. The monoisotopic (exact) mass is 252 g/mol. The predicted molar refractivity (Wildman–Crippen MR) is 65.7 cm³/mol. The van der Waals surface area contributed by atoms with Gasteiger partial charge in [0.05, 0.1) is 13.5 Å². The molecule has 0 aromatic heterocycles. The molecule has 1 atom stereocenters. The molecule has 1 N–H and O–H groups in total. The molecule has 0 radical (unpaired) electrons. The Kier molecular flexibility index (Phi) is 3.28. The van der Waals surface area contributed by atoms with Crippen molar-refractivity contribution in [1.29, 1.82) is 0 Å². The first-order valence-electron chi connectivity index (χ1n) is 6.03. The Morgan fingerprint density at radius 3 is 2.67 bits per heavy atom. The minimum absolute atomic E-state index is 0.0348. The van der Waals surface area contributed by atoms with Gasteiger partial charge in [-0.25, -0.2) is 4.39 Å². The average molecular weight is 252 g/mol. The fraction of sp³-hybridized carbons (Fsp3) is 0.500. The van der Waals surface area contributed by atoms with Crippen molar-refractivity contribution in [3.8, 4) is 5.75 Å². The third-order valence-electron chi connectivity index (χ3n) is 3.58. The lowest BCUT2D eigenvalue weighted by atomic mass is 9.86. The molecule has 2 rings (SSSR count). The van der Waals surface area contributed by atoms with E-state index in [1.54, 1.807) is 18.2 Å². The molecular weight excluding hydrogens is 235 g/mol. The van der Waals surface area contributed by atoms with Gasteiger partial charge in [0.2, 0.25) is 0 Å². The van der Waals surface area contributed by atoms with Crippen LogP contribution in [-0.2, 0) is 10.2 Å². The van der Waals surface area contributed by atoms with Crippen molar-refractivity contribution in [2.75, 3.05) is 7.11 Å². The van der Waals surface area contributed by atoms with Gasteiger partial charge < -0.3 is 9.84 Å². The number of aliphatic carboxylic acids is 1. The summed E-state index contributed by atoms with van der Waals surface area (Å²) in [6.07, 6.45) is 0.465. The second kappa shape index (κ2) is 4.59. The van der Waals surface area contributed by atoms with Crippen molar-refractivity contribution in [1.82, 2.24) is 0 Å². The summed E-state index contributed by atoms with van der Waals surface area (Å²) in [5, 5.41) is 9.01. The van der Waals surface area contributed by atoms with Crippen molar-refractivity contribution in [3.05, 3.63) is 29.3 Å². The Labute approximate surface area is 106 Å². The minimum atomic E-state index is -1.12. The number of carboxylic acid groups (broad SMARTS) is 1. The van der Waals surface area contributed by atoms with Gasteiger partial charge in [0.1, 0.15) is 11.9 Å². The molecule has 1 aromatic rings. The standard InChI is InChI=1S/C14H17FO3/c1-9(15)10-4-3-5-11(18-2)13(10)14(6-7-14)8-12(16)17/h3-5,9H,6-8H2,1-2H3,(H,16,17). The van der Waals surface area contributed by atoms with E-state index >= 15 is 0 Å². The maximum absolute atomic E-state index is 13.7. The lowest BCUT2D eigenvalue weighted by Crippen LogP contribution is -2.16. The van der Waals surface area contributed by atoms with Crippen LogP contribution in [0.25, 0.3) is 0 Å². The molecule has 1 unspecified atom stereocenters. The van der Waals surface area contributed by atoms with Crippen molar-refractivity contribution in [2.24, 2.45) is 0 Å². The van der Waals surface area contributed by atoms with Crippen LogP contribution in [0.2, 0.25) is 0 Å². The van der Waals surface area contributed by atoms with Crippen LogP contribution in [0.15, 0.2) is 18.2 Å². The van der Waals surface area contributed by atoms with Crippen LogP contribution in [0.4, 0.5) is 4.39 Å². The van der Waals surface area contributed by atoms with Gasteiger partial charge in [-0.15, -0.1) is 0 Å². The van der Waals surface area contributed by atoms with Crippen LogP contribution in [0, 0.1) is 0 Å². The second-order valence-electron chi connectivity index (χ2n) is 4.89. The number of hydrogen-bond acceptors (Lipinski definition) is 2. The molecule has 1 aliphatic rings. The first kappa shape index (κ1) is 12.9. The van der Waals surface area contributed by atoms with Crippen LogP contribution < -0.4 is 4.74 Å². The number of rotatable bonds is 5. The molecule has 98 valence electrons. The Morgan fingerprint density at radius 2 is 2.22 bits per heavy atom. The fourth-order valence-electron chi connectivity index (χ4n) is 2.57. The van der Waals surface area contributed by atoms with Crippen LogP contribution in [-0.4, -0.2) is 18.2 Å². The SMILES string of the molecule is COc1cccc(C(C)F)c1C1(CC(=O)O)CC1. The zero-order valence-corrected chi connectivity index (χ0v) is 10.6. The largest absolute Gasteiger partial charge is 0.496 e. The molecule has 0 heterocycles. The van der Waals surface area contributed by atoms with E-state index in [2.05, 4.69) is 0 Å². The van der Waals surface area contributed by atoms with Gasteiger partial charge in [-0.2, -0.15) is 0 Å². The zero-order chi connectivity index (χ0) is 13.3. The summed E-state index contributed by atoms with van der Waals surface area (Å²) in [4.78, 5) is 11.0. The molecule has 4 heteroatoms. The highest BCUT2D eigenvalue weighted by molar-refractivity contribution is 5.71. The topological polar surface area (TPSA) is 46.5 Å². The summed E-state index contributed by atoms with van der Waals surface area (Å²) in [7, 11) is 1.53. The zero-order valence-electron chi connectivity index (χ0n) is 10.6. The molecule has 1 fully saturated rings. The van der Waals surface area contributed by atoms with E-state index in [-0.39, 0.29) is 6.42 Å². The fourth-order valence-corrected chi connectivity index (χ4v) is 2.57. The lowest BCUT2D eigenvalue weighted by molar-refractivity contribution is -0.137. The van der Waals surface area contributed by atoms with Gasteiger partial charge in [0.15, 0.2) is 0 Å². The van der Waals surface area contributed by atoms with Crippen molar-refractivity contribution >= 4 is 5.97 Å². The molecule has 1 aromatic carbocycles. The molecule has 0 saturated heterocycles. The summed E-state index contributed by atoms with van der Waals surface area (Å²) in [5.74, 6) is -0.258. The Hall–Kier alpha value is -1.58. The normalized spacial score (nSPS) is 18.2. The maximum atomic E-state index is 13.7. The van der Waals surface area contributed by atoms with E-state index in [0.29, 0.717) is 11.3 Å². The summed E-state index contributed by atoms with van der Waals surface area (Å²) < 4.78 is 19.0. The first-order valence-corrected chi connectivity index (χ1v) is 6.03. The van der Waals surface area contributed by atoms with Gasteiger partial charge in [0, 0.05) is 11.0 Å². The summed E-state index contributed by atoms with van der Waals surface area (Å²) in [6.45, 7) is 1.47. The number of hydrogen-bond donors (Lipinski definition) is 1. The van der Waals surface area contributed by atoms with E-state index in [1.807, 2.05) is 0 Å². The Bertz CT molecular complexity index is 464. The summed E-state index contributed by atoms with van der Waals surface area (Å²) in [6, 6.07) is 5.22. The van der Waals surface area contributed by atoms with E-state index < -0.39 is 17.6 Å². The highest BCUT2D eigenvalue weighted by Gasteiger charge is 2.49. The highest BCUT2D eigenvalue weighted by Crippen LogP contribution is 2.56. The van der Waals surface area contributed by atoms with Crippen molar-refractivity contribution < 1.29 is 19.0 Å². The van der Waals surface area contributed by atoms with E-state index in [9.17, 15) is 9.18 Å². The number of carbonyl (C=O) groups is 1. The van der Waals surface area contributed by atoms with Gasteiger partial charge >= 0.3 is 5.97 Å². The Morgan fingerprint density at radius 1 is 1.56 bits per heavy atom. The van der Waals surface area contributed by atoms with E-state index in [1.165, 1.54) is 14.0 Å². The smallest absolute Gasteiger partial charge is 0.304 e. The maximum Gasteiger partial charge on any atom is 0.304 e. The molecule has 0 bridgehead atoms. The van der Waals surface area contributed by atoms with E-state index in [0.717, 1.165) is 18.4 Å². The van der Waals surface area contributed by atoms with Crippen LogP contribution >= 0.6 is 0 Å². The van der Waals surface area contributed by atoms with Gasteiger partial charge in [-0.3, -0.25) is 4.79 Å². The predicted octanol–water partition coefficient (Wildman–Crippen LogP) is 3.23. The number of carboxylic acids is 1. The number of halogens is 1. The highest BCUT2D eigenvalue weighted by atomic mass is 19.1. The van der Waals surface area contributed by atoms with Crippen LogP contribution in [0.1, 0.15) is 43.5 Å². The Balaban J connectivity index is 2.51. The van der Waals surface area contributed by atoms with Crippen molar-refractivity contribution in [3.63, 3.8) is 0 Å². The van der Waals surface area contributed by atoms with Crippen molar-refractivity contribution in [2.45, 2.75) is 37.8 Å². The summed E-state index contributed by atoms with van der Waals surface area (Å²) >= 11 is 0. The minimum Gasteiger partial charge on any atom is -0.496 e. The molecule has 18 heavy (non-hydrogen) atoms. The number of benzene rings is 1. The third-order valence-corrected chi connectivity index (χ3v) is 3.58. The van der Waals surface area contributed by atoms with Crippen LogP contribution in [0.5, 0.6) is 5.75 Å². The van der Waals surface area contributed by atoms with Gasteiger partial charge in [-0.1, -0.05) is 12.1 Å². The quantitative estimate of drug-likeness (QED) is 0.875. The first-order chi connectivity index (χ1) is 8.50. The molecule has 0 aliphatic heterocycles. The van der Waals surface area contributed by atoms with E-state index in [4.69, 9.17) is 9.84 Å². The molecule has 0 amide bonds. The molecule has 1 saturated carbocycles. The van der Waals surface area contributed by atoms with Crippen LogP contribution in [0.3, 0.4) is 0 Å². The number of methoxy groups -OCH3 is 1. The summed E-state index contributed by atoms with van der Waals surface area (Å²) in [5.41, 5.74) is 0.853. The third kappa shape index (κ3) is 2.19. The second-order valence-corrected chi connectivity index (χ2v) is 4.89. The van der Waals surface area contributed by atoms with Gasteiger partial charge in [-0.05, 0) is 31.4 Å². The average Bonchev–Trinajstić information content (AvgIpc) is 3.07. The number of alkyl halides is 1. The van der Waals surface area contributed by atoms with Gasteiger partial charge in [0.25, 0.3) is 0 Å². The number of ether oxygens (including phenoxy) is 1. The molecule has 1 aliphatic carbocycles. The molecule has 3 nitrogen and oxygen atoms in total. The molecule has 0 spiro atoms. The molecular formula is C14H17FO3.